The smallest absolute Gasteiger partial charge is 0.0468 e. The maximum Gasteiger partial charge on any atom is 0.0468 e. The van der Waals surface area contributed by atoms with Crippen LogP contribution in [0.3, 0.4) is 0 Å². The van der Waals surface area contributed by atoms with Crippen LogP contribution in [0.4, 0.5) is 0 Å². The van der Waals surface area contributed by atoms with Crippen LogP contribution in [-0.4, -0.2) is 11.5 Å². The van der Waals surface area contributed by atoms with Crippen LogP contribution in [0.2, 0.25) is 0 Å². The molecule has 1 aromatic carbocycles. The predicted molar refractivity (Wildman–Crippen MR) is 66.0 cm³/mol. The van der Waals surface area contributed by atoms with Crippen LogP contribution in [0.15, 0.2) is 28.9 Å². The molecule has 0 spiro atoms. The molecule has 1 unspecified atom stereocenters. The maximum atomic E-state index is 3.63. The quantitative estimate of drug-likeness (QED) is 0.813. The molecule has 2 aromatic rings. The lowest BCUT2D eigenvalue weighted by Crippen LogP contribution is -2.12. The molecule has 0 amide bonds. The Balaban J connectivity index is 2.18. The minimum atomic E-state index is 0.525. The van der Waals surface area contributed by atoms with Gasteiger partial charge in [-0.15, -0.1) is 0 Å². The summed E-state index contributed by atoms with van der Waals surface area (Å²) < 4.78 is 1.19. The van der Waals surface area contributed by atoms with Crippen molar-refractivity contribution in [1.82, 2.24) is 10.3 Å². The third-order valence-electron chi connectivity index (χ3n) is 3.12. The van der Waals surface area contributed by atoms with E-state index in [1.54, 1.807) is 0 Å². The fraction of sp³-hybridized carbons (Fsp3) is 0.333. The molecule has 1 aliphatic heterocycles. The van der Waals surface area contributed by atoms with E-state index in [1.165, 1.54) is 33.8 Å². The van der Waals surface area contributed by atoms with Crippen molar-refractivity contribution in [3.05, 3.63) is 34.4 Å². The van der Waals surface area contributed by atoms with Crippen LogP contribution < -0.4 is 5.32 Å². The standard InChI is InChI=1S/C12H13BrN2/c13-9-3-1-4-11-12(9)8(7-15-11)10-5-2-6-14-10/h1,3-4,7,10,14-15H,2,5-6H2. The van der Waals surface area contributed by atoms with Crippen LogP contribution >= 0.6 is 15.9 Å². The van der Waals surface area contributed by atoms with Crippen LogP contribution in [0.5, 0.6) is 0 Å². The first-order valence-electron chi connectivity index (χ1n) is 5.35. The first kappa shape index (κ1) is 9.43. The molecule has 3 heteroatoms. The SMILES string of the molecule is Brc1cccc2[nH]cc(C3CCCN3)c12. The van der Waals surface area contributed by atoms with Crippen LogP contribution in [-0.2, 0) is 0 Å². The molecule has 2 nitrogen and oxygen atoms in total. The molecule has 0 radical (unpaired) electrons. The van der Waals surface area contributed by atoms with Gasteiger partial charge in [0.05, 0.1) is 0 Å². The number of hydrogen-bond donors (Lipinski definition) is 2. The molecular weight excluding hydrogens is 252 g/mol. The Kier molecular flexibility index (Phi) is 2.29. The highest BCUT2D eigenvalue weighted by Crippen LogP contribution is 2.33. The lowest BCUT2D eigenvalue weighted by molar-refractivity contribution is 0.652. The highest BCUT2D eigenvalue weighted by molar-refractivity contribution is 9.10. The van der Waals surface area contributed by atoms with Gasteiger partial charge in [0.2, 0.25) is 0 Å². The van der Waals surface area contributed by atoms with E-state index < -0.39 is 0 Å². The highest BCUT2D eigenvalue weighted by atomic mass is 79.9. The second-order valence-electron chi connectivity index (χ2n) is 4.06. The van der Waals surface area contributed by atoms with Crippen molar-refractivity contribution in [2.24, 2.45) is 0 Å². The Morgan fingerprint density at radius 3 is 3.07 bits per heavy atom. The topological polar surface area (TPSA) is 27.8 Å². The predicted octanol–water partition coefficient (Wildman–Crippen LogP) is 3.35. The molecule has 0 aliphatic carbocycles. The first-order valence-corrected chi connectivity index (χ1v) is 6.14. The molecule has 1 aliphatic rings. The molecule has 1 fully saturated rings. The number of fused-ring (bicyclic) bond motifs is 1. The van der Waals surface area contributed by atoms with E-state index >= 15 is 0 Å². The van der Waals surface area contributed by atoms with Gasteiger partial charge in [-0.05, 0) is 37.1 Å². The number of hydrogen-bond acceptors (Lipinski definition) is 1. The lowest BCUT2D eigenvalue weighted by atomic mass is 10.0. The van der Waals surface area contributed by atoms with Crippen molar-refractivity contribution in [2.45, 2.75) is 18.9 Å². The van der Waals surface area contributed by atoms with Gasteiger partial charge in [0.15, 0.2) is 0 Å². The monoisotopic (exact) mass is 264 g/mol. The van der Waals surface area contributed by atoms with Gasteiger partial charge in [-0.3, -0.25) is 0 Å². The van der Waals surface area contributed by atoms with Crippen molar-refractivity contribution >= 4 is 26.8 Å². The zero-order chi connectivity index (χ0) is 10.3. The molecule has 1 aromatic heterocycles. The lowest BCUT2D eigenvalue weighted by Gasteiger charge is -2.09. The number of halogens is 1. The van der Waals surface area contributed by atoms with E-state index in [1.807, 2.05) is 0 Å². The number of rotatable bonds is 1. The largest absolute Gasteiger partial charge is 0.361 e. The molecule has 2 N–H and O–H groups in total. The van der Waals surface area contributed by atoms with Gasteiger partial charge >= 0.3 is 0 Å². The van der Waals surface area contributed by atoms with Crippen molar-refractivity contribution in [3.8, 4) is 0 Å². The second-order valence-corrected chi connectivity index (χ2v) is 4.91. The zero-order valence-electron chi connectivity index (χ0n) is 8.39. The molecule has 2 heterocycles. The average molecular weight is 265 g/mol. The van der Waals surface area contributed by atoms with Gasteiger partial charge in [0.1, 0.15) is 0 Å². The molecule has 0 bridgehead atoms. The van der Waals surface area contributed by atoms with Crippen LogP contribution in [0.1, 0.15) is 24.4 Å². The number of aromatic nitrogens is 1. The third-order valence-corrected chi connectivity index (χ3v) is 3.78. The summed E-state index contributed by atoms with van der Waals surface area (Å²) in [6.45, 7) is 1.14. The van der Waals surface area contributed by atoms with E-state index in [0.717, 1.165) is 6.54 Å². The number of nitrogens with one attached hydrogen (secondary N) is 2. The summed E-state index contributed by atoms with van der Waals surface area (Å²) in [7, 11) is 0. The van der Waals surface area contributed by atoms with Gasteiger partial charge in [-0.25, -0.2) is 0 Å². The van der Waals surface area contributed by atoms with Crippen LogP contribution in [0.25, 0.3) is 10.9 Å². The van der Waals surface area contributed by atoms with Crippen molar-refractivity contribution in [2.75, 3.05) is 6.54 Å². The second kappa shape index (κ2) is 3.65. The summed E-state index contributed by atoms with van der Waals surface area (Å²) in [5.41, 5.74) is 2.61. The molecular formula is C12H13BrN2. The van der Waals surface area contributed by atoms with Crippen molar-refractivity contribution in [1.29, 1.82) is 0 Å². The van der Waals surface area contributed by atoms with E-state index in [9.17, 15) is 0 Å². The fourth-order valence-electron chi connectivity index (χ4n) is 2.39. The number of H-pyrrole nitrogens is 1. The summed E-state index contributed by atoms with van der Waals surface area (Å²) in [4.78, 5) is 3.34. The van der Waals surface area contributed by atoms with Gasteiger partial charge in [0, 0.05) is 27.6 Å². The first-order chi connectivity index (χ1) is 7.36. The Morgan fingerprint density at radius 1 is 1.33 bits per heavy atom. The highest BCUT2D eigenvalue weighted by Gasteiger charge is 2.20. The number of aromatic amines is 1. The van der Waals surface area contributed by atoms with Gasteiger partial charge in [0.25, 0.3) is 0 Å². The average Bonchev–Trinajstić information content (AvgIpc) is 2.85. The van der Waals surface area contributed by atoms with Gasteiger partial charge < -0.3 is 10.3 Å². The molecule has 1 saturated heterocycles. The molecule has 3 rings (SSSR count). The summed E-state index contributed by atoms with van der Waals surface area (Å²) >= 11 is 3.63. The van der Waals surface area contributed by atoms with Crippen LogP contribution in [0, 0.1) is 0 Å². The maximum absolute atomic E-state index is 3.63. The minimum Gasteiger partial charge on any atom is -0.361 e. The van der Waals surface area contributed by atoms with E-state index in [2.05, 4.69) is 50.6 Å². The van der Waals surface area contributed by atoms with Crippen molar-refractivity contribution in [3.63, 3.8) is 0 Å². The minimum absolute atomic E-state index is 0.525. The van der Waals surface area contributed by atoms with E-state index in [-0.39, 0.29) is 0 Å². The summed E-state index contributed by atoms with van der Waals surface area (Å²) in [5, 5.41) is 4.87. The summed E-state index contributed by atoms with van der Waals surface area (Å²) in [6, 6.07) is 6.82. The normalized spacial score (nSPS) is 21.3. The molecule has 0 saturated carbocycles. The van der Waals surface area contributed by atoms with Crippen molar-refractivity contribution < 1.29 is 0 Å². The van der Waals surface area contributed by atoms with E-state index in [4.69, 9.17) is 0 Å². The third kappa shape index (κ3) is 1.50. The Bertz CT molecular complexity index is 483. The van der Waals surface area contributed by atoms with E-state index in [0.29, 0.717) is 6.04 Å². The Labute approximate surface area is 97.2 Å². The molecule has 15 heavy (non-hydrogen) atoms. The van der Waals surface area contributed by atoms with Gasteiger partial charge in [-0.1, -0.05) is 22.0 Å². The Morgan fingerprint density at radius 2 is 2.27 bits per heavy atom. The number of benzene rings is 1. The fourth-order valence-corrected chi connectivity index (χ4v) is 2.99. The van der Waals surface area contributed by atoms with Gasteiger partial charge in [-0.2, -0.15) is 0 Å². The zero-order valence-corrected chi connectivity index (χ0v) is 9.97. The summed E-state index contributed by atoms with van der Waals surface area (Å²) in [6.07, 6.45) is 4.66. The molecule has 78 valence electrons. The summed E-state index contributed by atoms with van der Waals surface area (Å²) in [5.74, 6) is 0. The molecule has 1 atom stereocenters. The Hall–Kier alpha value is -0.800.